The first-order chi connectivity index (χ1) is 7.91. The van der Waals surface area contributed by atoms with Gasteiger partial charge < -0.3 is 10.2 Å². The van der Waals surface area contributed by atoms with Crippen LogP contribution in [-0.4, -0.2) is 27.2 Å². The van der Waals surface area contributed by atoms with E-state index in [0.29, 0.717) is 5.56 Å². The number of benzene rings is 1. The first kappa shape index (κ1) is 14.4. The summed E-state index contributed by atoms with van der Waals surface area (Å²) in [5, 5.41) is 19.1. The van der Waals surface area contributed by atoms with Gasteiger partial charge in [0.25, 0.3) is 0 Å². The van der Waals surface area contributed by atoms with Crippen LogP contribution in [0.2, 0.25) is 5.02 Å². The molecule has 0 aliphatic rings. The Bertz CT molecular complexity index is 414. The zero-order chi connectivity index (χ0) is 13.0. The lowest BCUT2D eigenvalue weighted by atomic mass is 10.1. The molecule has 0 saturated carbocycles. The van der Waals surface area contributed by atoms with Gasteiger partial charge in [-0.2, -0.15) is 0 Å². The first-order valence-corrected chi connectivity index (χ1v) is 6.22. The third-order valence-electron chi connectivity index (χ3n) is 2.11. The lowest BCUT2D eigenvalue weighted by Crippen LogP contribution is -2.21. The third kappa shape index (κ3) is 4.27. The van der Waals surface area contributed by atoms with Crippen molar-refractivity contribution in [3.63, 3.8) is 0 Å². The number of aliphatic hydroxyl groups is 2. The molecule has 0 aliphatic heterocycles. The number of thioether (sulfide) groups is 1. The van der Waals surface area contributed by atoms with E-state index in [-0.39, 0.29) is 15.9 Å². The van der Waals surface area contributed by atoms with E-state index >= 15 is 0 Å². The monoisotopic (exact) mass is 278 g/mol. The Labute approximate surface area is 108 Å². The third-order valence-corrected chi connectivity index (χ3v) is 3.31. The minimum absolute atomic E-state index is 0.0749. The van der Waals surface area contributed by atoms with Crippen molar-refractivity contribution in [1.82, 2.24) is 0 Å². The molecule has 0 saturated heterocycles. The van der Waals surface area contributed by atoms with Crippen LogP contribution in [0.4, 0.5) is 4.39 Å². The lowest BCUT2D eigenvalue weighted by molar-refractivity contribution is -0.109. The number of hydrogen-bond acceptors (Lipinski definition) is 4. The first-order valence-electron chi connectivity index (χ1n) is 4.86. The number of carbonyl (C=O) groups excluding carboxylic acids is 1. The van der Waals surface area contributed by atoms with Gasteiger partial charge in [-0.15, -0.1) is 0 Å². The molecular weight excluding hydrogens is 267 g/mol. The van der Waals surface area contributed by atoms with Crippen molar-refractivity contribution in [3.05, 3.63) is 34.6 Å². The number of hydrogen-bond donors (Lipinski definition) is 2. The Balaban J connectivity index is 2.70. The fourth-order valence-electron chi connectivity index (χ4n) is 1.21. The molecule has 17 heavy (non-hydrogen) atoms. The van der Waals surface area contributed by atoms with Crippen molar-refractivity contribution in [2.24, 2.45) is 0 Å². The molecule has 1 aromatic carbocycles. The van der Waals surface area contributed by atoms with Crippen molar-refractivity contribution in [3.8, 4) is 0 Å². The fraction of sp³-hybridized carbons (Fsp3) is 0.364. The van der Waals surface area contributed by atoms with Crippen LogP contribution in [0.25, 0.3) is 0 Å². The Morgan fingerprint density at radius 3 is 2.71 bits per heavy atom. The van der Waals surface area contributed by atoms with Crippen LogP contribution in [0, 0.1) is 5.82 Å². The fourth-order valence-corrected chi connectivity index (χ4v) is 1.99. The predicted molar refractivity (Wildman–Crippen MR) is 65.5 cm³/mol. The summed E-state index contributed by atoms with van der Waals surface area (Å²) in [5.41, 5.74) is 0.313. The molecule has 2 atom stereocenters. The summed E-state index contributed by atoms with van der Waals surface area (Å²) >= 11 is 6.48. The molecule has 0 heterocycles. The van der Waals surface area contributed by atoms with Gasteiger partial charge in [-0.05, 0) is 17.7 Å². The van der Waals surface area contributed by atoms with Crippen LogP contribution in [0.5, 0.6) is 0 Å². The quantitative estimate of drug-likeness (QED) is 0.886. The molecule has 0 amide bonds. The maximum absolute atomic E-state index is 12.9. The van der Waals surface area contributed by atoms with Crippen LogP contribution in [-0.2, 0) is 4.79 Å². The van der Waals surface area contributed by atoms with Gasteiger partial charge in [0.1, 0.15) is 11.9 Å². The highest BCUT2D eigenvalue weighted by atomic mass is 35.5. The molecule has 2 N–H and O–H groups in total. The summed E-state index contributed by atoms with van der Waals surface area (Å²) in [6.45, 7) is 1.37. The number of carbonyl (C=O) groups is 1. The Hall–Kier alpha value is -0.620. The van der Waals surface area contributed by atoms with E-state index in [1.807, 2.05) is 0 Å². The van der Waals surface area contributed by atoms with Crippen molar-refractivity contribution >= 4 is 28.5 Å². The summed E-state index contributed by atoms with van der Waals surface area (Å²) in [6, 6.07) is 3.71. The van der Waals surface area contributed by atoms with Crippen molar-refractivity contribution in [2.75, 3.05) is 5.75 Å². The molecule has 1 aromatic rings. The SMILES string of the molecule is CC(=O)SCC(O)C(O)c1ccc(F)c(Cl)c1. The maximum atomic E-state index is 12.9. The van der Waals surface area contributed by atoms with Gasteiger partial charge in [-0.3, -0.25) is 4.79 Å². The van der Waals surface area contributed by atoms with Crippen molar-refractivity contribution in [2.45, 2.75) is 19.1 Å². The highest BCUT2D eigenvalue weighted by Gasteiger charge is 2.19. The van der Waals surface area contributed by atoms with Crippen LogP contribution in [0.15, 0.2) is 18.2 Å². The summed E-state index contributed by atoms with van der Waals surface area (Å²) < 4.78 is 12.9. The number of rotatable bonds is 4. The van der Waals surface area contributed by atoms with E-state index in [0.717, 1.165) is 17.8 Å². The van der Waals surface area contributed by atoms with E-state index in [9.17, 15) is 19.4 Å². The van der Waals surface area contributed by atoms with E-state index < -0.39 is 18.0 Å². The second-order valence-corrected chi connectivity index (χ2v) is 5.09. The zero-order valence-electron chi connectivity index (χ0n) is 9.06. The molecule has 6 heteroatoms. The highest BCUT2D eigenvalue weighted by Crippen LogP contribution is 2.24. The minimum Gasteiger partial charge on any atom is -0.389 e. The lowest BCUT2D eigenvalue weighted by Gasteiger charge is -2.17. The van der Waals surface area contributed by atoms with Crippen LogP contribution in [0.1, 0.15) is 18.6 Å². The van der Waals surface area contributed by atoms with Gasteiger partial charge in [-0.25, -0.2) is 4.39 Å². The van der Waals surface area contributed by atoms with Gasteiger partial charge in [-0.1, -0.05) is 29.4 Å². The van der Waals surface area contributed by atoms with Gasteiger partial charge in [0.2, 0.25) is 0 Å². The van der Waals surface area contributed by atoms with Crippen molar-refractivity contribution < 1.29 is 19.4 Å². The second-order valence-electron chi connectivity index (χ2n) is 3.49. The second kappa shape index (κ2) is 6.35. The molecule has 0 fully saturated rings. The molecule has 1 rings (SSSR count). The van der Waals surface area contributed by atoms with E-state index in [1.54, 1.807) is 0 Å². The molecule has 0 aromatic heterocycles. The van der Waals surface area contributed by atoms with Crippen LogP contribution < -0.4 is 0 Å². The molecule has 0 bridgehead atoms. The molecule has 0 aliphatic carbocycles. The van der Waals surface area contributed by atoms with Crippen LogP contribution in [0.3, 0.4) is 0 Å². The molecule has 3 nitrogen and oxygen atoms in total. The molecular formula is C11H12ClFO3S. The smallest absolute Gasteiger partial charge is 0.185 e. The standard InChI is InChI=1S/C11H12ClFO3S/c1-6(14)17-5-10(15)11(16)7-2-3-9(13)8(12)4-7/h2-4,10-11,15-16H,5H2,1H3. The van der Waals surface area contributed by atoms with Gasteiger partial charge in [0.05, 0.1) is 11.1 Å². The van der Waals surface area contributed by atoms with Gasteiger partial charge in [0.15, 0.2) is 5.12 Å². The molecule has 0 spiro atoms. The summed E-state index contributed by atoms with van der Waals surface area (Å²) in [5.74, 6) is -0.513. The Kier molecular flexibility index (Phi) is 5.39. The summed E-state index contributed by atoms with van der Waals surface area (Å²) in [4.78, 5) is 10.7. The molecule has 0 radical (unpaired) electrons. The largest absolute Gasteiger partial charge is 0.389 e. The summed E-state index contributed by atoms with van der Waals surface area (Å²) in [7, 11) is 0. The topological polar surface area (TPSA) is 57.5 Å². The van der Waals surface area contributed by atoms with Crippen LogP contribution >= 0.6 is 23.4 Å². The molecule has 94 valence electrons. The predicted octanol–water partition coefficient (Wildman–Crippen LogP) is 2.15. The van der Waals surface area contributed by atoms with Crippen molar-refractivity contribution in [1.29, 1.82) is 0 Å². The average molecular weight is 279 g/mol. The van der Waals surface area contributed by atoms with Gasteiger partial charge in [0, 0.05) is 12.7 Å². The minimum atomic E-state index is -1.19. The number of halogens is 2. The highest BCUT2D eigenvalue weighted by molar-refractivity contribution is 8.13. The Morgan fingerprint density at radius 2 is 2.18 bits per heavy atom. The normalized spacial score (nSPS) is 14.4. The average Bonchev–Trinajstić information content (AvgIpc) is 2.28. The van der Waals surface area contributed by atoms with E-state index in [4.69, 9.17) is 11.6 Å². The Morgan fingerprint density at radius 1 is 1.53 bits per heavy atom. The van der Waals surface area contributed by atoms with Gasteiger partial charge >= 0.3 is 0 Å². The molecule has 2 unspecified atom stereocenters. The number of aliphatic hydroxyl groups excluding tert-OH is 2. The van der Waals surface area contributed by atoms with E-state index in [2.05, 4.69) is 0 Å². The van der Waals surface area contributed by atoms with E-state index in [1.165, 1.54) is 19.1 Å². The summed E-state index contributed by atoms with van der Waals surface area (Å²) in [6.07, 6.45) is -2.30. The maximum Gasteiger partial charge on any atom is 0.185 e. The zero-order valence-corrected chi connectivity index (χ0v) is 10.6.